The predicted octanol–water partition coefficient (Wildman–Crippen LogP) is 3.28. The van der Waals surface area contributed by atoms with Crippen molar-refractivity contribution in [1.82, 2.24) is 4.72 Å². The molecule has 2 aromatic carbocycles. The van der Waals surface area contributed by atoms with Crippen molar-refractivity contribution in [1.29, 1.82) is 0 Å². The highest BCUT2D eigenvalue weighted by atomic mass is 32.2. The zero-order chi connectivity index (χ0) is 16.7. The van der Waals surface area contributed by atoms with Crippen LogP contribution in [0, 0.1) is 0 Å². The maximum absolute atomic E-state index is 12.0. The monoisotopic (exact) mass is 347 g/mol. The fourth-order valence-corrected chi connectivity index (χ4v) is 3.18. The van der Waals surface area contributed by atoms with Crippen molar-refractivity contribution in [2.75, 3.05) is 6.26 Å². The van der Waals surface area contributed by atoms with Gasteiger partial charge in [-0.15, -0.1) is 0 Å². The summed E-state index contributed by atoms with van der Waals surface area (Å²) in [5.41, 5.74) is 2.14. The lowest BCUT2D eigenvalue weighted by Gasteiger charge is -2.04. The number of amides is 1. The van der Waals surface area contributed by atoms with E-state index >= 15 is 0 Å². The average molecular weight is 347 g/mol. The third-order valence-electron chi connectivity index (χ3n) is 3.00. The summed E-state index contributed by atoms with van der Waals surface area (Å²) in [5.74, 6) is 0.207. The molecule has 0 unspecified atom stereocenters. The molecule has 0 aliphatic rings. The van der Waals surface area contributed by atoms with Crippen molar-refractivity contribution in [3.05, 3.63) is 76.7 Å². The summed E-state index contributed by atoms with van der Waals surface area (Å²) in [6.07, 6.45) is 3.43. The summed E-state index contributed by atoms with van der Waals surface area (Å²) < 4.78 is 25.9. The molecular formula is C17H17NO3S2. The number of sulfonamides is 1. The smallest absolute Gasteiger partial charge is 0.264 e. The van der Waals surface area contributed by atoms with Gasteiger partial charge in [-0.25, -0.2) is 13.1 Å². The fraction of sp³-hybridized carbons (Fsp3) is 0.118. The lowest BCUT2D eigenvalue weighted by Crippen LogP contribution is -2.28. The molecule has 0 fully saturated rings. The number of carbonyl (C=O) groups is 1. The van der Waals surface area contributed by atoms with Gasteiger partial charge in [0.15, 0.2) is 0 Å². The van der Waals surface area contributed by atoms with Gasteiger partial charge in [0, 0.05) is 11.3 Å². The Morgan fingerprint density at radius 3 is 2.35 bits per heavy atom. The Kier molecular flexibility index (Phi) is 6.01. The van der Waals surface area contributed by atoms with Crippen LogP contribution in [0.5, 0.6) is 0 Å². The number of carbonyl (C=O) groups excluding carboxylic acids is 1. The largest absolute Gasteiger partial charge is 0.268 e. The Labute approximate surface area is 140 Å². The van der Waals surface area contributed by atoms with Crippen LogP contribution in [0.25, 0.3) is 6.08 Å². The molecule has 4 nitrogen and oxygen atoms in total. The molecule has 2 aromatic rings. The molecular weight excluding hydrogens is 330 g/mol. The van der Waals surface area contributed by atoms with Gasteiger partial charge in [-0.2, -0.15) is 11.8 Å². The van der Waals surface area contributed by atoms with E-state index in [0.717, 1.165) is 22.3 Å². The molecule has 0 aliphatic heterocycles. The highest BCUT2D eigenvalue weighted by Crippen LogP contribution is 2.11. The molecule has 0 bridgehead atoms. The molecule has 2 rings (SSSR count). The summed E-state index contributed by atoms with van der Waals surface area (Å²) in [6.45, 7) is 0. The lowest BCUT2D eigenvalue weighted by atomic mass is 10.1. The van der Waals surface area contributed by atoms with E-state index in [9.17, 15) is 13.2 Å². The highest BCUT2D eigenvalue weighted by molar-refractivity contribution is 7.97. The number of benzene rings is 2. The van der Waals surface area contributed by atoms with Crippen molar-refractivity contribution in [3.8, 4) is 0 Å². The van der Waals surface area contributed by atoms with E-state index in [1.54, 1.807) is 48.2 Å². The summed E-state index contributed by atoms with van der Waals surface area (Å²) >= 11 is 1.68. The molecule has 6 heteroatoms. The quantitative estimate of drug-likeness (QED) is 0.871. The van der Waals surface area contributed by atoms with Crippen LogP contribution in [-0.2, 0) is 15.8 Å². The van der Waals surface area contributed by atoms with Crippen LogP contribution in [0.3, 0.4) is 0 Å². The van der Waals surface area contributed by atoms with Crippen LogP contribution in [0.1, 0.15) is 21.5 Å². The van der Waals surface area contributed by atoms with E-state index in [1.807, 2.05) is 29.2 Å². The Morgan fingerprint density at radius 2 is 1.74 bits per heavy atom. The van der Waals surface area contributed by atoms with Crippen molar-refractivity contribution >= 4 is 33.8 Å². The minimum Gasteiger partial charge on any atom is -0.268 e. The van der Waals surface area contributed by atoms with Crippen molar-refractivity contribution in [2.24, 2.45) is 0 Å². The van der Waals surface area contributed by atoms with Gasteiger partial charge in [-0.1, -0.05) is 42.5 Å². The third-order valence-corrected chi connectivity index (χ3v) is 4.59. The van der Waals surface area contributed by atoms with E-state index in [4.69, 9.17) is 0 Å². The maximum Gasteiger partial charge on any atom is 0.264 e. The minimum absolute atomic E-state index is 0.312. The second kappa shape index (κ2) is 7.99. The van der Waals surface area contributed by atoms with Crippen LogP contribution in [0.15, 0.2) is 60.0 Å². The Bertz CT molecular complexity index is 782. The summed E-state index contributed by atoms with van der Waals surface area (Å²) in [7, 11) is -3.83. The fourth-order valence-electron chi connectivity index (χ4n) is 1.87. The van der Waals surface area contributed by atoms with E-state index in [2.05, 4.69) is 0 Å². The first-order valence-electron chi connectivity index (χ1n) is 6.88. The standard InChI is InChI=1S/C17H17NO3S2/c1-22-13-15-7-9-16(10-8-15)17(19)18-23(20,21)12-11-14-5-3-2-4-6-14/h2-12H,13H2,1H3,(H,18,19)/b12-11+. The summed E-state index contributed by atoms with van der Waals surface area (Å²) in [4.78, 5) is 12.0. The van der Waals surface area contributed by atoms with Gasteiger partial charge in [0.25, 0.3) is 15.9 Å². The molecule has 0 saturated heterocycles. The van der Waals surface area contributed by atoms with Gasteiger partial charge in [0.1, 0.15) is 0 Å². The Balaban J connectivity index is 2.04. The van der Waals surface area contributed by atoms with E-state index < -0.39 is 15.9 Å². The Morgan fingerprint density at radius 1 is 1.09 bits per heavy atom. The summed E-state index contributed by atoms with van der Waals surface area (Å²) in [5, 5.41) is 0.988. The van der Waals surface area contributed by atoms with Crippen LogP contribution < -0.4 is 4.72 Å². The highest BCUT2D eigenvalue weighted by Gasteiger charge is 2.13. The van der Waals surface area contributed by atoms with Crippen LogP contribution >= 0.6 is 11.8 Å². The molecule has 0 heterocycles. The lowest BCUT2D eigenvalue weighted by molar-refractivity contribution is 0.0982. The van der Waals surface area contributed by atoms with E-state index in [1.165, 1.54) is 6.08 Å². The molecule has 120 valence electrons. The van der Waals surface area contributed by atoms with Gasteiger partial charge in [-0.05, 0) is 35.6 Å². The zero-order valence-corrected chi connectivity index (χ0v) is 14.2. The third kappa shape index (κ3) is 5.58. The number of hydrogen-bond donors (Lipinski definition) is 1. The number of thioether (sulfide) groups is 1. The minimum atomic E-state index is -3.83. The first kappa shape index (κ1) is 17.3. The molecule has 0 radical (unpaired) electrons. The molecule has 0 saturated carbocycles. The number of rotatable bonds is 6. The molecule has 0 aliphatic carbocycles. The van der Waals surface area contributed by atoms with Gasteiger partial charge < -0.3 is 0 Å². The average Bonchev–Trinajstić information content (AvgIpc) is 2.55. The topological polar surface area (TPSA) is 63.2 Å². The molecule has 0 atom stereocenters. The van der Waals surface area contributed by atoms with Crippen molar-refractivity contribution in [2.45, 2.75) is 5.75 Å². The molecule has 1 amide bonds. The van der Waals surface area contributed by atoms with Gasteiger partial charge in [0.05, 0.1) is 5.41 Å². The Hall–Kier alpha value is -2.05. The van der Waals surface area contributed by atoms with Gasteiger partial charge in [-0.3, -0.25) is 4.79 Å². The molecule has 1 N–H and O–H groups in total. The number of hydrogen-bond acceptors (Lipinski definition) is 4. The van der Waals surface area contributed by atoms with E-state index in [-0.39, 0.29) is 0 Å². The van der Waals surface area contributed by atoms with Crippen LogP contribution in [0.4, 0.5) is 0 Å². The maximum atomic E-state index is 12.0. The predicted molar refractivity (Wildman–Crippen MR) is 95.5 cm³/mol. The normalized spacial score (nSPS) is 11.5. The first-order valence-corrected chi connectivity index (χ1v) is 9.82. The van der Waals surface area contributed by atoms with Crippen molar-refractivity contribution < 1.29 is 13.2 Å². The van der Waals surface area contributed by atoms with Crippen molar-refractivity contribution in [3.63, 3.8) is 0 Å². The molecule has 0 spiro atoms. The second-order valence-corrected chi connectivity index (χ2v) is 7.25. The molecule has 23 heavy (non-hydrogen) atoms. The van der Waals surface area contributed by atoms with Gasteiger partial charge >= 0.3 is 0 Å². The van der Waals surface area contributed by atoms with Crippen LogP contribution in [-0.4, -0.2) is 20.6 Å². The van der Waals surface area contributed by atoms with E-state index in [0.29, 0.717) is 5.56 Å². The zero-order valence-electron chi connectivity index (χ0n) is 12.6. The van der Waals surface area contributed by atoms with Gasteiger partial charge in [0.2, 0.25) is 0 Å². The second-order valence-electron chi connectivity index (χ2n) is 4.82. The first-order chi connectivity index (χ1) is 11.0. The SMILES string of the molecule is CSCc1ccc(C(=O)NS(=O)(=O)/C=C/c2ccccc2)cc1. The number of nitrogens with one attached hydrogen (secondary N) is 1. The van der Waals surface area contributed by atoms with Crippen LogP contribution in [0.2, 0.25) is 0 Å². The summed E-state index contributed by atoms with van der Waals surface area (Å²) in [6, 6.07) is 15.9. The molecule has 0 aromatic heterocycles.